The molecule has 0 atom stereocenters. The number of rotatable bonds is 4. The fourth-order valence-electron chi connectivity index (χ4n) is 2.57. The Morgan fingerprint density at radius 1 is 0.821 bits per heavy atom. The molecule has 0 fully saturated rings. The van der Waals surface area contributed by atoms with Crippen LogP contribution in [0.5, 0.6) is 0 Å². The highest BCUT2D eigenvalue weighted by Gasteiger charge is 2.19. The number of aromatic nitrogens is 3. The van der Waals surface area contributed by atoms with Crippen LogP contribution < -0.4 is 10.9 Å². The summed E-state index contributed by atoms with van der Waals surface area (Å²) in [6.07, 6.45) is 0. The van der Waals surface area contributed by atoms with Crippen molar-refractivity contribution in [3.8, 4) is 17.1 Å². The summed E-state index contributed by atoms with van der Waals surface area (Å²) in [5.74, 6) is -0.512. The first kappa shape index (κ1) is 17.6. The van der Waals surface area contributed by atoms with Gasteiger partial charge in [-0.05, 0) is 23.6 Å². The van der Waals surface area contributed by atoms with E-state index in [1.807, 2.05) is 60.7 Å². The van der Waals surface area contributed by atoms with E-state index in [0.29, 0.717) is 10.7 Å². The third kappa shape index (κ3) is 3.67. The average Bonchev–Trinajstić information content (AvgIpc) is 3.43. The molecule has 4 aromatic rings. The molecule has 0 bridgehead atoms. The zero-order valence-electron chi connectivity index (χ0n) is 14.6. The molecule has 0 aliphatic heterocycles. The Bertz CT molecular complexity index is 1040. The first-order chi connectivity index (χ1) is 13.7. The molecule has 8 heteroatoms. The maximum atomic E-state index is 12.5. The van der Waals surface area contributed by atoms with Gasteiger partial charge in [0.25, 0.3) is 5.91 Å². The number of carbonyl (C=O) groups is 2. The van der Waals surface area contributed by atoms with Gasteiger partial charge in [0, 0.05) is 5.56 Å². The van der Waals surface area contributed by atoms with Gasteiger partial charge in [0.1, 0.15) is 0 Å². The molecule has 7 nitrogen and oxygen atoms in total. The van der Waals surface area contributed by atoms with Crippen molar-refractivity contribution in [2.75, 3.05) is 0 Å². The number of amides is 2. The molecule has 0 saturated carbocycles. The largest absolute Gasteiger partial charge is 0.309 e. The van der Waals surface area contributed by atoms with Gasteiger partial charge in [-0.1, -0.05) is 54.6 Å². The summed E-state index contributed by atoms with van der Waals surface area (Å²) in [5.41, 5.74) is 6.33. The fourth-order valence-corrected chi connectivity index (χ4v) is 3.19. The number of nitrogens with one attached hydrogen (secondary N) is 2. The van der Waals surface area contributed by atoms with Gasteiger partial charge in [-0.25, -0.2) is 9.67 Å². The molecule has 0 saturated heterocycles. The monoisotopic (exact) mass is 389 g/mol. The van der Waals surface area contributed by atoms with Crippen LogP contribution in [-0.2, 0) is 0 Å². The van der Waals surface area contributed by atoms with Gasteiger partial charge in [0.05, 0.1) is 10.6 Å². The topological polar surface area (TPSA) is 88.9 Å². The number of carbonyl (C=O) groups excluding carboxylic acids is 2. The summed E-state index contributed by atoms with van der Waals surface area (Å²) in [5, 5.41) is 6.13. The van der Waals surface area contributed by atoms with Crippen LogP contribution in [0.3, 0.4) is 0 Å². The first-order valence-corrected chi connectivity index (χ1v) is 9.32. The molecule has 2 aromatic carbocycles. The molecule has 2 aromatic heterocycles. The highest BCUT2D eigenvalue weighted by Crippen LogP contribution is 2.20. The zero-order chi connectivity index (χ0) is 19.3. The van der Waals surface area contributed by atoms with Crippen LogP contribution in [0.1, 0.15) is 20.3 Å². The van der Waals surface area contributed by atoms with E-state index in [1.54, 1.807) is 22.2 Å². The van der Waals surface area contributed by atoms with Crippen LogP contribution in [0.4, 0.5) is 0 Å². The number of nitrogens with zero attached hydrogens (tertiary/aromatic N) is 3. The molecule has 0 radical (unpaired) electrons. The fraction of sp³-hybridized carbons (Fsp3) is 0. The second kappa shape index (κ2) is 7.85. The predicted molar refractivity (Wildman–Crippen MR) is 106 cm³/mol. The van der Waals surface area contributed by atoms with Crippen LogP contribution in [-0.4, -0.2) is 26.6 Å². The lowest BCUT2D eigenvalue weighted by Gasteiger charge is -2.05. The molecule has 138 valence electrons. The number of benzene rings is 2. The summed E-state index contributed by atoms with van der Waals surface area (Å²) in [6, 6.07) is 22.3. The highest BCUT2D eigenvalue weighted by atomic mass is 32.1. The number of hydrogen-bond donors (Lipinski definition) is 2. The molecule has 0 spiro atoms. The quantitative estimate of drug-likeness (QED) is 0.525. The van der Waals surface area contributed by atoms with E-state index in [-0.39, 0.29) is 5.82 Å². The SMILES string of the molecule is O=C(NNC(=O)c1cccs1)c1nc(-c2ccccc2)n(-c2ccccc2)n1. The Morgan fingerprint density at radius 3 is 2.18 bits per heavy atom. The molecule has 2 heterocycles. The minimum absolute atomic E-state index is 0.0471. The van der Waals surface area contributed by atoms with E-state index < -0.39 is 11.8 Å². The van der Waals surface area contributed by atoms with E-state index in [4.69, 9.17) is 0 Å². The molecule has 28 heavy (non-hydrogen) atoms. The summed E-state index contributed by atoms with van der Waals surface area (Å²) in [7, 11) is 0. The molecule has 0 aliphatic carbocycles. The van der Waals surface area contributed by atoms with Crippen LogP contribution >= 0.6 is 11.3 Å². The lowest BCUT2D eigenvalue weighted by molar-refractivity contribution is 0.0843. The van der Waals surface area contributed by atoms with Gasteiger partial charge in [-0.15, -0.1) is 16.4 Å². The average molecular weight is 389 g/mol. The standard InChI is InChI=1S/C20H15N5O2S/c26-19(16-12-7-13-28-16)22-23-20(27)17-21-18(14-8-3-1-4-9-14)25(24-17)15-10-5-2-6-11-15/h1-13H,(H,22,26)(H,23,27). The van der Waals surface area contributed by atoms with Crippen molar-refractivity contribution in [3.05, 3.63) is 88.9 Å². The summed E-state index contributed by atoms with van der Waals surface area (Å²) in [4.78, 5) is 29.4. The lowest BCUT2D eigenvalue weighted by Crippen LogP contribution is -2.41. The maximum Gasteiger partial charge on any atom is 0.309 e. The van der Waals surface area contributed by atoms with Crippen LogP contribution in [0.2, 0.25) is 0 Å². The van der Waals surface area contributed by atoms with E-state index in [9.17, 15) is 9.59 Å². The van der Waals surface area contributed by atoms with E-state index in [1.165, 1.54) is 11.3 Å². The molecule has 4 rings (SSSR count). The Labute approximate surface area is 164 Å². The Hall–Kier alpha value is -3.78. The van der Waals surface area contributed by atoms with Crippen molar-refractivity contribution in [3.63, 3.8) is 0 Å². The van der Waals surface area contributed by atoms with Crippen molar-refractivity contribution >= 4 is 23.2 Å². The minimum Gasteiger partial charge on any atom is -0.266 e. The lowest BCUT2D eigenvalue weighted by atomic mass is 10.2. The molecule has 2 amide bonds. The maximum absolute atomic E-state index is 12.5. The Balaban J connectivity index is 1.62. The van der Waals surface area contributed by atoms with Crippen molar-refractivity contribution in [2.45, 2.75) is 0 Å². The molecule has 0 unspecified atom stereocenters. The van der Waals surface area contributed by atoms with Crippen LogP contribution in [0.25, 0.3) is 17.1 Å². The van der Waals surface area contributed by atoms with Crippen molar-refractivity contribution in [1.29, 1.82) is 0 Å². The number of hydrazine groups is 1. The summed E-state index contributed by atoms with van der Waals surface area (Å²) >= 11 is 1.28. The predicted octanol–water partition coefficient (Wildman–Crippen LogP) is 3.07. The van der Waals surface area contributed by atoms with Crippen molar-refractivity contribution < 1.29 is 9.59 Å². The van der Waals surface area contributed by atoms with E-state index in [0.717, 1.165) is 11.3 Å². The van der Waals surface area contributed by atoms with E-state index in [2.05, 4.69) is 20.9 Å². The zero-order valence-corrected chi connectivity index (χ0v) is 15.4. The number of para-hydroxylation sites is 1. The Kier molecular flexibility index (Phi) is 4.94. The van der Waals surface area contributed by atoms with Gasteiger partial charge in [-0.2, -0.15) is 0 Å². The number of thiophene rings is 1. The summed E-state index contributed by atoms with van der Waals surface area (Å²) < 4.78 is 1.60. The highest BCUT2D eigenvalue weighted by molar-refractivity contribution is 7.12. The molecular weight excluding hydrogens is 374 g/mol. The van der Waals surface area contributed by atoms with Crippen LogP contribution in [0.15, 0.2) is 78.2 Å². The van der Waals surface area contributed by atoms with Gasteiger partial charge in [-0.3, -0.25) is 20.4 Å². The second-order valence-electron chi connectivity index (χ2n) is 5.76. The third-order valence-electron chi connectivity index (χ3n) is 3.88. The number of hydrogen-bond acceptors (Lipinski definition) is 5. The Morgan fingerprint density at radius 2 is 1.50 bits per heavy atom. The molecule has 2 N–H and O–H groups in total. The third-order valence-corrected chi connectivity index (χ3v) is 4.75. The van der Waals surface area contributed by atoms with Gasteiger partial charge >= 0.3 is 5.91 Å². The minimum atomic E-state index is -0.600. The van der Waals surface area contributed by atoms with Gasteiger partial charge in [0.2, 0.25) is 5.82 Å². The van der Waals surface area contributed by atoms with Crippen LogP contribution in [0, 0.1) is 0 Å². The van der Waals surface area contributed by atoms with Crippen molar-refractivity contribution in [2.24, 2.45) is 0 Å². The molecule has 0 aliphatic rings. The summed E-state index contributed by atoms with van der Waals surface area (Å²) in [6.45, 7) is 0. The smallest absolute Gasteiger partial charge is 0.266 e. The molecular formula is C20H15N5O2S. The normalized spacial score (nSPS) is 10.4. The van der Waals surface area contributed by atoms with E-state index >= 15 is 0 Å². The van der Waals surface area contributed by atoms with Gasteiger partial charge < -0.3 is 0 Å². The van der Waals surface area contributed by atoms with Gasteiger partial charge in [0.15, 0.2) is 5.82 Å². The second-order valence-corrected chi connectivity index (χ2v) is 6.71. The first-order valence-electron chi connectivity index (χ1n) is 8.44. The van der Waals surface area contributed by atoms with Crippen molar-refractivity contribution in [1.82, 2.24) is 25.6 Å².